The third-order valence-electron chi connectivity index (χ3n) is 4.10. The molecular weight excluding hydrogens is 290 g/mol. The lowest BCUT2D eigenvalue weighted by atomic mass is 10.1. The van der Waals surface area contributed by atoms with Crippen molar-refractivity contribution >= 4 is 0 Å². The average molecular weight is 308 g/mol. The minimum Gasteiger partial charge on any atom is -0.387 e. The highest BCUT2D eigenvalue weighted by Gasteiger charge is 2.27. The molecular formula is C15H18F2N4O. The monoisotopic (exact) mass is 308 g/mol. The standard InChI is InChI=1S/C15H18F2N4O/c16-13-4-3-11(6-14(13)17)15(22)8-20-5-1-2-12(20)7-21-10-18-9-19-21/h3-4,6,9-10,12,15,22H,1-2,5,7-8H2/t12-,15+/m0/s1. The minimum absolute atomic E-state index is 0.265. The molecule has 1 N–H and O–H groups in total. The lowest BCUT2D eigenvalue weighted by Gasteiger charge is -2.26. The van der Waals surface area contributed by atoms with E-state index in [1.807, 2.05) is 0 Å². The maximum absolute atomic E-state index is 13.3. The van der Waals surface area contributed by atoms with E-state index in [1.54, 1.807) is 11.0 Å². The molecule has 0 aliphatic carbocycles. The van der Waals surface area contributed by atoms with Crippen molar-refractivity contribution in [3.05, 3.63) is 48.1 Å². The smallest absolute Gasteiger partial charge is 0.159 e. The number of aliphatic hydroxyl groups excluding tert-OH is 1. The van der Waals surface area contributed by atoms with Gasteiger partial charge >= 0.3 is 0 Å². The topological polar surface area (TPSA) is 54.2 Å². The van der Waals surface area contributed by atoms with Crippen LogP contribution in [0, 0.1) is 11.6 Å². The molecule has 7 heteroatoms. The highest BCUT2D eigenvalue weighted by atomic mass is 19.2. The molecule has 0 radical (unpaired) electrons. The zero-order chi connectivity index (χ0) is 15.5. The molecule has 1 aliphatic heterocycles. The van der Waals surface area contributed by atoms with Crippen LogP contribution in [0.1, 0.15) is 24.5 Å². The van der Waals surface area contributed by atoms with Crippen LogP contribution in [-0.2, 0) is 6.54 Å². The van der Waals surface area contributed by atoms with Gasteiger partial charge in [-0.1, -0.05) is 6.07 Å². The SMILES string of the molecule is O[C@H](CN1CCC[C@H]1Cn1cncn1)c1ccc(F)c(F)c1. The van der Waals surface area contributed by atoms with Gasteiger partial charge in [0.15, 0.2) is 11.6 Å². The highest BCUT2D eigenvalue weighted by molar-refractivity contribution is 5.20. The highest BCUT2D eigenvalue weighted by Crippen LogP contribution is 2.23. The number of hydrogen-bond acceptors (Lipinski definition) is 4. The summed E-state index contributed by atoms with van der Waals surface area (Å²) in [7, 11) is 0. The number of benzene rings is 1. The van der Waals surface area contributed by atoms with Crippen molar-refractivity contribution in [2.45, 2.75) is 31.5 Å². The molecule has 5 nitrogen and oxygen atoms in total. The van der Waals surface area contributed by atoms with Gasteiger partial charge in [0.25, 0.3) is 0 Å². The molecule has 2 atom stereocenters. The van der Waals surface area contributed by atoms with Crippen LogP contribution in [0.5, 0.6) is 0 Å². The van der Waals surface area contributed by atoms with E-state index in [0.29, 0.717) is 18.7 Å². The zero-order valence-corrected chi connectivity index (χ0v) is 12.1. The number of halogens is 2. The second-order valence-corrected chi connectivity index (χ2v) is 5.60. The normalized spacial score (nSPS) is 20.4. The van der Waals surface area contributed by atoms with E-state index in [4.69, 9.17) is 0 Å². The lowest BCUT2D eigenvalue weighted by molar-refractivity contribution is 0.100. The van der Waals surface area contributed by atoms with Crippen LogP contribution in [0.3, 0.4) is 0 Å². The van der Waals surface area contributed by atoms with Crippen molar-refractivity contribution in [2.24, 2.45) is 0 Å². The molecule has 0 saturated carbocycles. The van der Waals surface area contributed by atoms with Crippen molar-refractivity contribution in [1.29, 1.82) is 0 Å². The van der Waals surface area contributed by atoms with Gasteiger partial charge in [-0.05, 0) is 37.1 Å². The van der Waals surface area contributed by atoms with E-state index >= 15 is 0 Å². The van der Waals surface area contributed by atoms with Crippen molar-refractivity contribution < 1.29 is 13.9 Å². The summed E-state index contributed by atoms with van der Waals surface area (Å²) in [6.07, 6.45) is 4.39. The fraction of sp³-hybridized carbons (Fsp3) is 0.467. The number of rotatable bonds is 5. The second-order valence-electron chi connectivity index (χ2n) is 5.60. The predicted octanol–water partition coefficient (Wildman–Crippen LogP) is 1.75. The number of nitrogens with zero attached hydrogens (tertiary/aromatic N) is 4. The van der Waals surface area contributed by atoms with Crippen LogP contribution >= 0.6 is 0 Å². The Bertz CT molecular complexity index is 620. The number of aromatic nitrogens is 3. The molecule has 118 valence electrons. The van der Waals surface area contributed by atoms with Crippen LogP contribution in [0.15, 0.2) is 30.9 Å². The molecule has 1 fully saturated rings. The fourth-order valence-electron chi connectivity index (χ4n) is 2.93. The molecule has 1 aromatic heterocycles. The van der Waals surface area contributed by atoms with Crippen molar-refractivity contribution in [3.8, 4) is 0 Å². The van der Waals surface area contributed by atoms with Crippen LogP contribution < -0.4 is 0 Å². The summed E-state index contributed by atoms with van der Waals surface area (Å²) in [4.78, 5) is 6.08. The largest absolute Gasteiger partial charge is 0.387 e. The molecule has 0 spiro atoms. The van der Waals surface area contributed by atoms with Gasteiger partial charge in [-0.2, -0.15) is 5.10 Å². The summed E-state index contributed by atoms with van der Waals surface area (Å²) >= 11 is 0. The third-order valence-corrected chi connectivity index (χ3v) is 4.10. The molecule has 0 bridgehead atoms. The Labute approximate surface area is 127 Å². The Morgan fingerprint density at radius 2 is 2.18 bits per heavy atom. The Morgan fingerprint density at radius 3 is 2.91 bits per heavy atom. The van der Waals surface area contributed by atoms with Crippen LogP contribution in [0.25, 0.3) is 0 Å². The van der Waals surface area contributed by atoms with Gasteiger partial charge in [0.1, 0.15) is 12.7 Å². The number of aliphatic hydroxyl groups is 1. The van der Waals surface area contributed by atoms with E-state index < -0.39 is 17.7 Å². The summed E-state index contributed by atoms with van der Waals surface area (Å²) in [5.74, 6) is -1.83. The van der Waals surface area contributed by atoms with Gasteiger partial charge < -0.3 is 5.11 Å². The van der Waals surface area contributed by atoms with E-state index in [9.17, 15) is 13.9 Å². The number of likely N-dealkylation sites (tertiary alicyclic amines) is 1. The summed E-state index contributed by atoms with van der Waals surface area (Å²) < 4.78 is 28.0. The van der Waals surface area contributed by atoms with Gasteiger partial charge in [-0.25, -0.2) is 13.8 Å². The molecule has 1 aromatic carbocycles. The fourth-order valence-corrected chi connectivity index (χ4v) is 2.93. The number of β-amino-alcohol motifs (C(OH)–C–C–N with tert-alkyl or cyclic N) is 1. The van der Waals surface area contributed by atoms with Crippen LogP contribution in [0.4, 0.5) is 8.78 Å². The van der Waals surface area contributed by atoms with Gasteiger partial charge in [0.05, 0.1) is 12.6 Å². The molecule has 3 rings (SSSR count). The molecule has 0 amide bonds. The van der Waals surface area contributed by atoms with E-state index in [1.165, 1.54) is 12.4 Å². The maximum Gasteiger partial charge on any atom is 0.159 e. The van der Waals surface area contributed by atoms with Gasteiger partial charge in [0, 0.05) is 12.6 Å². The first-order valence-corrected chi connectivity index (χ1v) is 7.33. The summed E-state index contributed by atoms with van der Waals surface area (Å²) in [6.45, 7) is 1.98. The molecule has 0 unspecified atom stereocenters. The van der Waals surface area contributed by atoms with Crippen molar-refractivity contribution in [1.82, 2.24) is 19.7 Å². The summed E-state index contributed by atoms with van der Waals surface area (Å²) in [6, 6.07) is 3.79. The summed E-state index contributed by atoms with van der Waals surface area (Å²) in [5.41, 5.74) is 0.394. The Balaban J connectivity index is 1.64. The Kier molecular flexibility index (Phi) is 4.44. The summed E-state index contributed by atoms with van der Waals surface area (Å²) in [5, 5.41) is 14.4. The van der Waals surface area contributed by atoms with Gasteiger partial charge in [-0.3, -0.25) is 9.58 Å². The lowest BCUT2D eigenvalue weighted by Crippen LogP contribution is -2.36. The first-order chi connectivity index (χ1) is 10.6. The molecule has 22 heavy (non-hydrogen) atoms. The third kappa shape index (κ3) is 3.31. The molecule has 1 aliphatic rings. The Morgan fingerprint density at radius 1 is 1.32 bits per heavy atom. The maximum atomic E-state index is 13.3. The van der Waals surface area contributed by atoms with Crippen LogP contribution in [0.2, 0.25) is 0 Å². The van der Waals surface area contributed by atoms with E-state index in [2.05, 4.69) is 15.0 Å². The van der Waals surface area contributed by atoms with Crippen LogP contribution in [-0.4, -0.2) is 43.9 Å². The van der Waals surface area contributed by atoms with E-state index in [0.717, 1.165) is 31.5 Å². The zero-order valence-electron chi connectivity index (χ0n) is 12.1. The first-order valence-electron chi connectivity index (χ1n) is 7.33. The minimum atomic E-state index is -0.933. The average Bonchev–Trinajstić information content (AvgIpc) is 3.15. The quantitative estimate of drug-likeness (QED) is 0.914. The van der Waals surface area contributed by atoms with Crippen molar-refractivity contribution in [3.63, 3.8) is 0 Å². The molecule has 2 heterocycles. The van der Waals surface area contributed by atoms with Gasteiger partial charge in [0.2, 0.25) is 0 Å². The predicted molar refractivity (Wildman–Crippen MR) is 75.9 cm³/mol. The Hall–Kier alpha value is -1.86. The first kappa shape index (κ1) is 15.1. The van der Waals surface area contributed by atoms with Gasteiger partial charge in [-0.15, -0.1) is 0 Å². The molecule has 2 aromatic rings. The van der Waals surface area contributed by atoms with E-state index in [-0.39, 0.29) is 6.04 Å². The molecule has 1 saturated heterocycles. The number of hydrogen-bond donors (Lipinski definition) is 1. The van der Waals surface area contributed by atoms with Crippen molar-refractivity contribution in [2.75, 3.05) is 13.1 Å². The second kappa shape index (κ2) is 6.50.